The summed E-state index contributed by atoms with van der Waals surface area (Å²) in [4.78, 5) is 11.4. The van der Waals surface area contributed by atoms with Crippen LogP contribution in [0.3, 0.4) is 0 Å². The van der Waals surface area contributed by atoms with Crippen LogP contribution >= 0.6 is 0 Å². The smallest absolute Gasteiger partial charge is 0.237 e. The molecule has 0 saturated carbocycles. The first-order valence-electron chi connectivity index (χ1n) is 5.50. The third-order valence-electron chi connectivity index (χ3n) is 2.55. The quantitative estimate of drug-likeness (QED) is 0.717. The Labute approximate surface area is 86.6 Å². The van der Waals surface area contributed by atoms with Crippen LogP contribution in [0.2, 0.25) is 0 Å². The zero-order chi connectivity index (χ0) is 10.6. The monoisotopic (exact) mass is 198 g/mol. The molecule has 82 valence electrons. The minimum Gasteiger partial charge on any atom is -0.355 e. The Balaban J connectivity index is 2.20. The fourth-order valence-corrected chi connectivity index (χ4v) is 1.59. The summed E-state index contributed by atoms with van der Waals surface area (Å²) < 4.78 is 0. The fourth-order valence-electron chi connectivity index (χ4n) is 1.59. The number of hydrogen-bond acceptors (Lipinski definition) is 2. The van der Waals surface area contributed by atoms with Crippen LogP contribution in [0.5, 0.6) is 0 Å². The summed E-state index contributed by atoms with van der Waals surface area (Å²) >= 11 is 0. The maximum atomic E-state index is 11.4. The second-order valence-corrected chi connectivity index (χ2v) is 5.25. The van der Waals surface area contributed by atoms with Crippen LogP contribution in [0.1, 0.15) is 40.0 Å². The van der Waals surface area contributed by atoms with E-state index in [4.69, 9.17) is 0 Å². The van der Waals surface area contributed by atoms with Crippen molar-refractivity contribution in [1.82, 2.24) is 10.6 Å². The van der Waals surface area contributed by atoms with Crippen molar-refractivity contribution in [3.8, 4) is 0 Å². The molecule has 0 aromatic carbocycles. The van der Waals surface area contributed by atoms with E-state index < -0.39 is 0 Å². The molecule has 3 heteroatoms. The van der Waals surface area contributed by atoms with Crippen LogP contribution in [-0.2, 0) is 4.79 Å². The average molecular weight is 198 g/mol. The van der Waals surface area contributed by atoms with Gasteiger partial charge in [0.05, 0.1) is 6.04 Å². The van der Waals surface area contributed by atoms with Crippen molar-refractivity contribution >= 4 is 5.91 Å². The van der Waals surface area contributed by atoms with Crippen LogP contribution < -0.4 is 10.6 Å². The van der Waals surface area contributed by atoms with E-state index in [1.165, 1.54) is 0 Å². The molecule has 0 radical (unpaired) electrons. The Bertz CT molecular complexity index is 196. The average Bonchev–Trinajstić information content (AvgIpc) is 2.06. The second-order valence-electron chi connectivity index (χ2n) is 5.25. The minimum absolute atomic E-state index is 0.0473. The Hall–Kier alpha value is -0.570. The summed E-state index contributed by atoms with van der Waals surface area (Å²) in [6.45, 7) is 8.43. The summed E-state index contributed by atoms with van der Waals surface area (Å²) in [5, 5.41) is 6.19. The molecule has 2 N–H and O–H groups in total. The van der Waals surface area contributed by atoms with Gasteiger partial charge in [0, 0.05) is 6.54 Å². The number of carbonyl (C=O) groups excluding carboxylic acids is 1. The molecular weight excluding hydrogens is 176 g/mol. The molecule has 0 aromatic rings. The van der Waals surface area contributed by atoms with E-state index in [0.717, 1.165) is 32.4 Å². The summed E-state index contributed by atoms with van der Waals surface area (Å²) in [5.74, 6) is 0.171. The number of hydrogen-bond donors (Lipinski definition) is 2. The summed E-state index contributed by atoms with van der Waals surface area (Å²) in [6.07, 6.45) is 3.19. The molecule has 1 unspecified atom stereocenters. The highest BCUT2D eigenvalue weighted by atomic mass is 16.2. The summed E-state index contributed by atoms with van der Waals surface area (Å²) in [5.41, 5.74) is 0.345. The largest absolute Gasteiger partial charge is 0.355 e. The van der Waals surface area contributed by atoms with E-state index in [0.29, 0.717) is 5.41 Å². The molecule has 1 aliphatic heterocycles. The Morgan fingerprint density at radius 3 is 2.79 bits per heavy atom. The molecule has 0 aromatic heterocycles. The van der Waals surface area contributed by atoms with Gasteiger partial charge in [-0.15, -0.1) is 0 Å². The van der Waals surface area contributed by atoms with Gasteiger partial charge < -0.3 is 10.6 Å². The molecule has 1 aliphatic rings. The van der Waals surface area contributed by atoms with E-state index in [2.05, 4.69) is 31.4 Å². The van der Waals surface area contributed by atoms with E-state index in [1.54, 1.807) is 0 Å². The Morgan fingerprint density at radius 2 is 2.21 bits per heavy atom. The van der Waals surface area contributed by atoms with Crippen molar-refractivity contribution in [2.45, 2.75) is 46.1 Å². The van der Waals surface area contributed by atoms with Crippen molar-refractivity contribution in [2.75, 3.05) is 13.1 Å². The van der Waals surface area contributed by atoms with Crippen LogP contribution in [0.15, 0.2) is 0 Å². The Kier molecular flexibility index (Phi) is 3.93. The van der Waals surface area contributed by atoms with Crippen LogP contribution in [0.4, 0.5) is 0 Å². The van der Waals surface area contributed by atoms with E-state index in [1.807, 2.05) is 0 Å². The Morgan fingerprint density at radius 1 is 1.50 bits per heavy atom. The van der Waals surface area contributed by atoms with Gasteiger partial charge in [0.15, 0.2) is 0 Å². The third kappa shape index (κ3) is 4.09. The zero-order valence-electron chi connectivity index (χ0n) is 9.52. The molecule has 1 atom stereocenters. The summed E-state index contributed by atoms with van der Waals surface area (Å²) in [6, 6.07) is 0.0473. The van der Waals surface area contributed by atoms with Crippen molar-refractivity contribution in [3.05, 3.63) is 0 Å². The van der Waals surface area contributed by atoms with Gasteiger partial charge in [0.2, 0.25) is 5.91 Å². The molecule has 1 saturated heterocycles. The van der Waals surface area contributed by atoms with Gasteiger partial charge in [-0.2, -0.15) is 0 Å². The molecule has 0 aliphatic carbocycles. The SMILES string of the molecule is CC(C)(C)CCNC1CCCNC1=O. The predicted molar refractivity (Wildman–Crippen MR) is 58.1 cm³/mol. The van der Waals surface area contributed by atoms with Crippen molar-refractivity contribution in [2.24, 2.45) is 5.41 Å². The molecule has 1 heterocycles. The van der Waals surface area contributed by atoms with Crippen molar-refractivity contribution in [1.29, 1.82) is 0 Å². The highest BCUT2D eigenvalue weighted by Crippen LogP contribution is 2.17. The van der Waals surface area contributed by atoms with E-state index in [9.17, 15) is 4.79 Å². The fraction of sp³-hybridized carbons (Fsp3) is 0.909. The first kappa shape index (κ1) is 11.5. The van der Waals surface area contributed by atoms with Crippen LogP contribution in [0.25, 0.3) is 0 Å². The molecule has 14 heavy (non-hydrogen) atoms. The number of nitrogens with one attached hydrogen (secondary N) is 2. The van der Waals surface area contributed by atoms with Gasteiger partial charge in [-0.05, 0) is 31.2 Å². The zero-order valence-corrected chi connectivity index (χ0v) is 9.52. The topological polar surface area (TPSA) is 41.1 Å². The van der Waals surface area contributed by atoms with E-state index in [-0.39, 0.29) is 11.9 Å². The van der Waals surface area contributed by atoms with Gasteiger partial charge in [-0.3, -0.25) is 4.79 Å². The molecule has 1 fully saturated rings. The lowest BCUT2D eigenvalue weighted by molar-refractivity contribution is -0.124. The third-order valence-corrected chi connectivity index (χ3v) is 2.55. The van der Waals surface area contributed by atoms with Gasteiger partial charge in [0.1, 0.15) is 0 Å². The lowest BCUT2D eigenvalue weighted by atomic mass is 9.92. The molecule has 1 amide bonds. The van der Waals surface area contributed by atoms with Gasteiger partial charge in [0.25, 0.3) is 0 Å². The number of rotatable bonds is 3. The number of carbonyl (C=O) groups is 1. The van der Waals surface area contributed by atoms with Crippen LogP contribution in [0, 0.1) is 5.41 Å². The second kappa shape index (κ2) is 4.78. The number of piperidine rings is 1. The molecule has 0 spiro atoms. The summed E-state index contributed by atoms with van der Waals surface area (Å²) in [7, 11) is 0. The normalized spacial score (nSPS) is 23.4. The van der Waals surface area contributed by atoms with Crippen LogP contribution in [-0.4, -0.2) is 25.0 Å². The standard InChI is InChI=1S/C11H22N2O/c1-11(2,3)6-8-12-9-5-4-7-13-10(9)14/h9,12H,4-8H2,1-3H3,(H,13,14). The predicted octanol–water partition coefficient (Wildman–Crippen LogP) is 1.29. The van der Waals surface area contributed by atoms with Crippen molar-refractivity contribution < 1.29 is 4.79 Å². The van der Waals surface area contributed by atoms with Gasteiger partial charge in [-0.25, -0.2) is 0 Å². The highest BCUT2D eigenvalue weighted by molar-refractivity contribution is 5.82. The maximum Gasteiger partial charge on any atom is 0.237 e. The molecule has 1 rings (SSSR count). The molecule has 3 nitrogen and oxygen atoms in total. The lowest BCUT2D eigenvalue weighted by Gasteiger charge is -2.25. The first-order chi connectivity index (χ1) is 6.49. The van der Waals surface area contributed by atoms with E-state index >= 15 is 0 Å². The van der Waals surface area contributed by atoms with Gasteiger partial charge in [-0.1, -0.05) is 20.8 Å². The molecule has 0 bridgehead atoms. The van der Waals surface area contributed by atoms with Crippen molar-refractivity contribution in [3.63, 3.8) is 0 Å². The maximum absolute atomic E-state index is 11.4. The van der Waals surface area contributed by atoms with Gasteiger partial charge >= 0.3 is 0 Å². The first-order valence-corrected chi connectivity index (χ1v) is 5.50. The minimum atomic E-state index is 0.0473. The highest BCUT2D eigenvalue weighted by Gasteiger charge is 2.21. The number of amides is 1. The lowest BCUT2D eigenvalue weighted by Crippen LogP contribution is -2.48. The molecular formula is C11H22N2O.